The minimum atomic E-state index is -3.81. The maximum atomic E-state index is 13.5. The van der Waals surface area contributed by atoms with Gasteiger partial charge in [-0.25, -0.2) is 17.5 Å². The van der Waals surface area contributed by atoms with Gasteiger partial charge < -0.3 is 4.74 Å². The molecule has 0 radical (unpaired) electrons. The highest BCUT2D eigenvalue weighted by Gasteiger charge is 2.18. The number of nitrogens with one attached hydrogen (secondary N) is 1. The van der Waals surface area contributed by atoms with Gasteiger partial charge in [-0.1, -0.05) is 12.1 Å². The molecule has 0 saturated carbocycles. The van der Waals surface area contributed by atoms with E-state index in [4.69, 9.17) is 4.74 Å². The Bertz CT molecular complexity index is 757. The van der Waals surface area contributed by atoms with Crippen molar-refractivity contribution in [2.45, 2.75) is 17.1 Å². The van der Waals surface area contributed by atoms with Gasteiger partial charge in [0.15, 0.2) is 11.6 Å². The van der Waals surface area contributed by atoms with Crippen molar-refractivity contribution in [1.29, 1.82) is 0 Å². The van der Waals surface area contributed by atoms with E-state index in [2.05, 4.69) is 0 Å². The molecule has 1 amide bonds. The van der Waals surface area contributed by atoms with Gasteiger partial charge in [-0.05, 0) is 35.6 Å². The van der Waals surface area contributed by atoms with Gasteiger partial charge in [0, 0.05) is 6.42 Å². The van der Waals surface area contributed by atoms with Gasteiger partial charge in [-0.2, -0.15) is 0 Å². The van der Waals surface area contributed by atoms with Gasteiger partial charge in [-0.3, -0.25) is 4.79 Å². The largest absolute Gasteiger partial charge is 0.494 e. The minimum Gasteiger partial charge on any atom is -0.494 e. The van der Waals surface area contributed by atoms with Crippen LogP contribution in [0.5, 0.6) is 5.75 Å². The molecule has 118 valence electrons. The number of ether oxygens (including phenoxy) is 1. The van der Waals surface area contributed by atoms with Crippen LogP contribution in [0, 0.1) is 5.82 Å². The molecule has 2 rings (SSSR count). The van der Waals surface area contributed by atoms with Gasteiger partial charge >= 0.3 is 0 Å². The molecule has 5 nitrogen and oxygen atoms in total. The number of benzene rings is 1. The zero-order valence-corrected chi connectivity index (χ0v) is 13.3. The van der Waals surface area contributed by atoms with Crippen LogP contribution in [0.2, 0.25) is 0 Å². The zero-order chi connectivity index (χ0) is 16.2. The zero-order valence-electron chi connectivity index (χ0n) is 11.7. The monoisotopic (exact) mass is 343 g/mol. The highest BCUT2D eigenvalue weighted by molar-refractivity contribution is 7.92. The topological polar surface area (TPSA) is 72.5 Å². The normalized spacial score (nSPS) is 11.2. The van der Waals surface area contributed by atoms with E-state index in [1.165, 1.54) is 25.3 Å². The second-order valence-corrected chi connectivity index (χ2v) is 7.29. The summed E-state index contributed by atoms with van der Waals surface area (Å²) in [6, 6.07) is 7.36. The maximum Gasteiger partial charge on any atom is 0.273 e. The first-order valence-corrected chi connectivity index (χ1v) is 8.70. The maximum absolute atomic E-state index is 13.5. The van der Waals surface area contributed by atoms with Crippen LogP contribution in [0.3, 0.4) is 0 Å². The molecule has 22 heavy (non-hydrogen) atoms. The lowest BCUT2D eigenvalue weighted by atomic mass is 10.1. The van der Waals surface area contributed by atoms with Crippen molar-refractivity contribution in [2.75, 3.05) is 7.11 Å². The van der Waals surface area contributed by atoms with Crippen LogP contribution in [0.4, 0.5) is 4.39 Å². The van der Waals surface area contributed by atoms with E-state index < -0.39 is 21.7 Å². The van der Waals surface area contributed by atoms with Gasteiger partial charge in [-0.15, -0.1) is 11.3 Å². The molecule has 0 atom stereocenters. The van der Waals surface area contributed by atoms with E-state index in [9.17, 15) is 17.6 Å². The van der Waals surface area contributed by atoms with E-state index in [-0.39, 0.29) is 22.8 Å². The SMILES string of the molecule is COc1ccc(CCC(=O)NS(=O)(=O)c2cccs2)cc1F. The Morgan fingerprint density at radius 3 is 2.73 bits per heavy atom. The lowest BCUT2D eigenvalue weighted by Crippen LogP contribution is -2.30. The van der Waals surface area contributed by atoms with Crippen LogP contribution in [-0.4, -0.2) is 21.4 Å². The summed E-state index contributed by atoms with van der Waals surface area (Å²) in [7, 11) is -2.45. The Hall–Kier alpha value is -1.93. The average molecular weight is 343 g/mol. The number of hydrogen-bond acceptors (Lipinski definition) is 5. The summed E-state index contributed by atoms with van der Waals surface area (Å²) in [4.78, 5) is 11.7. The summed E-state index contributed by atoms with van der Waals surface area (Å²) in [5, 5.41) is 1.61. The molecule has 0 aliphatic heterocycles. The van der Waals surface area contributed by atoms with Crippen LogP contribution in [0.25, 0.3) is 0 Å². The molecular formula is C14H14FNO4S2. The number of aryl methyl sites for hydroxylation is 1. The van der Waals surface area contributed by atoms with Gasteiger partial charge in [0.2, 0.25) is 5.91 Å². The second kappa shape index (κ2) is 6.89. The lowest BCUT2D eigenvalue weighted by molar-refractivity contribution is -0.119. The first-order chi connectivity index (χ1) is 10.4. The fraction of sp³-hybridized carbons (Fsp3) is 0.214. The Labute approximate surface area is 131 Å². The fourth-order valence-corrected chi connectivity index (χ4v) is 3.80. The van der Waals surface area contributed by atoms with Crippen molar-refractivity contribution in [2.24, 2.45) is 0 Å². The third kappa shape index (κ3) is 4.05. The molecule has 1 aromatic carbocycles. The molecule has 0 fully saturated rings. The summed E-state index contributed by atoms with van der Waals surface area (Å²) in [5.74, 6) is -1.04. The van der Waals surface area contributed by atoms with Gasteiger partial charge in [0.05, 0.1) is 7.11 Å². The van der Waals surface area contributed by atoms with Crippen LogP contribution in [-0.2, 0) is 21.2 Å². The number of amides is 1. The second-order valence-electron chi connectivity index (χ2n) is 4.43. The smallest absolute Gasteiger partial charge is 0.273 e. The molecule has 1 heterocycles. The molecule has 1 aromatic heterocycles. The standard InChI is InChI=1S/C14H14FNO4S2/c1-20-12-6-4-10(9-11(12)15)5-7-13(17)16-22(18,19)14-3-2-8-21-14/h2-4,6,8-9H,5,7H2,1H3,(H,16,17). The number of thiophene rings is 1. The summed E-state index contributed by atoms with van der Waals surface area (Å²) in [6.45, 7) is 0. The number of carbonyl (C=O) groups excluding carboxylic acids is 1. The van der Waals surface area contributed by atoms with Crippen molar-refractivity contribution in [1.82, 2.24) is 4.72 Å². The first-order valence-electron chi connectivity index (χ1n) is 6.34. The molecule has 2 aromatic rings. The molecule has 8 heteroatoms. The van der Waals surface area contributed by atoms with Crippen molar-refractivity contribution in [3.63, 3.8) is 0 Å². The van der Waals surface area contributed by atoms with Crippen molar-refractivity contribution >= 4 is 27.3 Å². The van der Waals surface area contributed by atoms with Crippen LogP contribution < -0.4 is 9.46 Å². The van der Waals surface area contributed by atoms with Crippen molar-refractivity contribution in [3.05, 3.63) is 47.1 Å². The Morgan fingerprint density at radius 2 is 2.14 bits per heavy atom. The quantitative estimate of drug-likeness (QED) is 0.874. The van der Waals surface area contributed by atoms with Gasteiger partial charge in [0.1, 0.15) is 4.21 Å². The van der Waals surface area contributed by atoms with Crippen LogP contribution in [0.1, 0.15) is 12.0 Å². The number of sulfonamides is 1. The number of methoxy groups -OCH3 is 1. The number of halogens is 1. The van der Waals surface area contributed by atoms with E-state index in [1.807, 2.05) is 4.72 Å². The summed E-state index contributed by atoms with van der Waals surface area (Å²) >= 11 is 1.03. The van der Waals surface area contributed by atoms with E-state index in [0.717, 1.165) is 11.3 Å². The van der Waals surface area contributed by atoms with Crippen LogP contribution in [0.15, 0.2) is 39.9 Å². The molecular weight excluding hydrogens is 329 g/mol. The van der Waals surface area contributed by atoms with Crippen molar-refractivity contribution in [3.8, 4) is 5.75 Å². The third-order valence-corrected chi connectivity index (χ3v) is 5.64. The average Bonchev–Trinajstić information content (AvgIpc) is 3.00. The predicted octanol–water partition coefficient (Wildman–Crippen LogP) is 2.33. The predicted molar refractivity (Wildman–Crippen MR) is 80.9 cm³/mol. The number of carbonyl (C=O) groups is 1. The Morgan fingerprint density at radius 1 is 1.36 bits per heavy atom. The summed E-state index contributed by atoms with van der Waals surface area (Å²) in [6.07, 6.45) is 0.170. The third-order valence-electron chi connectivity index (χ3n) is 2.87. The number of hydrogen-bond donors (Lipinski definition) is 1. The Balaban J connectivity index is 1.95. The van der Waals surface area contributed by atoms with Crippen molar-refractivity contribution < 1.29 is 22.3 Å². The van der Waals surface area contributed by atoms with E-state index >= 15 is 0 Å². The highest BCUT2D eigenvalue weighted by atomic mass is 32.2. The molecule has 0 bridgehead atoms. The lowest BCUT2D eigenvalue weighted by Gasteiger charge is -2.06. The first kappa shape index (κ1) is 16.4. The Kier molecular flexibility index (Phi) is 5.15. The minimum absolute atomic E-state index is 0.0592. The van der Waals surface area contributed by atoms with Gasteiger partial charge in [0.25, 0.3) is 10.0 Å². The highest BCUT2D eigenvalue weighted by Crippen LogP contribution is 2.19. The van der Waals surface area contributed by atoms with E-state index in [0.29, 0.717) is 5.56 Å². The molecule has 1 N–H and O–H groups in total. The molecule has 0 saturated heterocycles. The molecule has 0 unspecified atom stereocenters. The summed E-state index contributed by atoms with van der Waals surface area (Å²) in [5.41, 5.74) is 0.585. The summed E-state index contributed by atoms with van der Waals surface area (Å²) < 4.78 is 44.1. The molecule has 0 aliphatic rings. The fourth-order valence-electron chi connectivity index (χ4n) is 1.79. The van der Waals surface area contributed by atoms with Crippen LogP contribution >= 0.6 is 11.3 Å². The van der Waals surface area contributed by atoms with E-state index in [1.54, 1.807) is 17.5 Å². The number of rotatable bonds is 6. The molecule has 0 aliphatic carbocycles. The molecule has 0 spiro atoms.